The van der Waals surface area contributed by atoms with Gasteiger partial charge in [0.25, 0.3) is 0 Å². The lowest BCUT2D eigenvalue weighted by atomic mass is 10.3. The highest BCUT2D eigenvalue weighted by Gasteiger charge is 2.20. The topological polar surface area (TPSA) is 51.2 Å². The highest BCUT2D eigenvalue weighted by Crippen LogP contribution is 2.18. The van der Waals surface area contributed by atoms with Crippen LogP contribution in [0.4, 0.5) is 0 Å². The first kappa shape index (κ1) is 17.7. The lowest BCUT2D eigenvalue weighted by Crippen LogP contribution is -2.37. The molecule has 2 rings (SSSR count). The Morgan fingerprint density at radius 1 is 1.25 bits per heavy atom. The van der Waals surface area contributed by atoms with Crippen molar-refractivity contribution < 1.29 is 19.0 Å². The molecule has 1 aromatic carbocycles. The van der Waals surface area contributed by atoms with Crippen LogP contribution in [0, 0.1) is 0 Å². The van der Waals surface area contributed by atoms with Crippen molar-refractivity contribution in [2.75, 3.05) is 34.0 Å². The lowest BCUT2D eigenvalue weighted by Gasteiger charge is -2.25. The molecule has 1 heterocycles. The molecule has 0 fully saturated rings. The Morgan fingerprint density at radius 3 is 2.46 bits per heavy atom. The molecule has 130 valence electrons. The molecule has 6 nitrogen and oxygen atoms in total. The maximum atomic E-state index is 11.8. The number of hydrogen-bond acceptors (Lipinski definition) is 6. The van der Waals surface area contributed by atoms with Gasteiger partial charge in [-0.05, 0) is 31.2 Å². The Labute approximate surface area is 142 Å². The van der Waals surface area contributed by atoms with E-state index < -0.39 is 12.1 Å². The molecule has 1 aromatic rings. The minimum Gasteiger partial charge on any atom is -0.497 e. The van der Waals surface area contributed by atoms with E-state index in [0.29, 0.717) is 17.9 Å². The molecule has 0 bridgehead atoms. The first-order chi connectivity index (χ1) is 11.5. The highest BCUT2D eigenvalue weighted by atomic mass is 16.6. The van der Waals surface area contributed by atoms with Gasteiger partial charge in [0.2, 0.25) is 0 Å². The fourth-order valence-corrected chi connectivity index (χ4v) is 2.21. The summed E-state index contributed by atoms with van der Waals surface area (Å²) in [5.41, 5.74) is 0.374. The van der Waals surface area contributed by atoms with Gasteiger partial charge in [-0.25, -0.2) is 4.79 Å². The summed E-state index contributed by atoms with van der Waals surface area (Å²) in [6.45, 7) is 6.83. The van der Waals surface area contributed by atoms with E-state index in [2.05, 4.69) is 11.5 Å². The summed E-state index contributed by atoms with van der Waals surface area (Å²) >= 11 is 0. The van der Waals surface area contributed by atoms with E-state index in [0.717, 1.165) is 12.4 Å². The van der Waals surface area contributed by atoms with Gasteiger partial charge in [0, 0.05) is 25.0 Å². The summed E-state index contributed by atoms with van der Waals surface area (Å²) in [6.07, 6.45) is 3.55. The van der Waals surface area contributed by atoms with Crippen molar-refractivity contribution in [3.05, 3.63) is 48.8 Å². The zero-order chi connectivity index (χ0) is 17.5. The molecule has 1 unspecified atom stereocenters. The van der Waals surface area contributed by atoms with Crippen LogP contribution in [0.2, 0.25) is 0 Å². The fourth-order valence-electron chi connectivity index (χ4n) is 2.21. The van der Waals surface area contributed by atoms with Crippen LogP contribution in [0.5, 0.6) is 11.5 Å². The first-order valence-electron chi connectivity index (χ1n) is 7.74. The fraction of sp³-hybridized carbons (Fsp3) is 0.389. The zero-order valence-corrected chi connectivity index (χ0v) is 14.4. The molecule has 1 atom stereocenters. The molecule has 0 saturated carbocycles. The predicted octanol–water partition coefficient (Wildman–Crippen LogP) is 2.24. The minimum absolute atomic E-state index is 0.263. The van der Waals surface area contributed by atoms with Crippen LogP contribution >= 0.6 is 0 Å². The van der Waals surface area contributed by atoms with E-state index in [1.54, 1.807) is 14.0 Å². The molecule has 0 N–H and O–H groups in total. The second-order valence-corrected chi connectivity index (χ2v) is 5.76. The number of hydrogen-bond donors (Lipinski definition) is 0. The van der Waals surface area contributed by atoms with Crippen LogP contribution < -0.4 is 9.47 Å². The van der Waals surface area contributed by atoms with Gasteiger partial charge in [0.1, 0.15) is 18.1 Å². The van der Waals surface area contributed by atoms with Crippen LogP contribution in [-0.4, -0.2) is 55.9 Å². The maximum absolute atomic E-state index is 11.8. The number of ether oxygens (including phenoxy) is 3. The largest absolute Gasteiger partial charge is 0.497 e. The van der Waals surface area contributed by atoms with Gasteiger partial charge >= 0.3 is 5.97 Å². The second kappa shape index (κ2) is 8.29. The van der Waals surface area contributed by atoms with Crippen LogP contribution in [0.25, 0.3) is 0 Å². The third kappa shape index (κ3) is 5.22. The maximum Gasteiger partial charge on any atom is 0.333 e. The van der Waals surface area contributed by atoms with Gasteiger partial charge in [-0.3, -0.25) is 0 Å². The van der Waals surface area contributed by atoms with Gasteiger partial charge in [-0.15, -0.1) is 0 Å². The van der Waals surface area contributed by atoms with Gasteiger partial charge in [-0.2, -0.15) is 0 Å². The van der Waals surface area contributed by atoms with Crippen LogP contribution in [-0.2, 0) is 9.53 Å². The Balaban J connectivity index is 1.94. The van der Waals surface area contributed by atoms with E-state index in [9.17, 15) is 4.79 Å². The van der Waals surface area contributed by atoms with E-state index in [-0.39, 0.29) is 6.61 Å². The molecule has 0 spiro atoms. The predicted molar refractivity (Wildman–Crippen MR) is 91.7 cm³/mol. The van der Waals surface area contributed by atoms with Crippen molar-refractivity contribution in [3.8, 4) is 11.5 Å². The van der Waals surface area contributed by atoms with E-state index in [1.807, 2.05) is 48.6 Å². The van der Waals surface area contributed by atoms with Crippen molar-refractivity contribution in [2.45, 2.75) is 13.0 Å². The number of carbonyl (C=O) groups is 1. The van der Waals surface area contributed by atoms with Gasteiger partial charge < -0.3 is 24.0 Å². The smallest absolute Gasteiger partial charge is 0.333 e. The van der Waals surface area contributed by atoms with E-state index >= 15 is 0 Å². The number of esters is 1. The Bertz CT molecular complexity index is 598. The number of rotatable bonds is 8. The summed E-state index contributed by atoms with van der Waals surface area (Å²) in [6, 6.07) is 7.28. The van der Waals surface area contributed by atoms with Gasteiger partial charge in [-0.1, -0.05) is 6.58 Å². The lowest BCUT2D eigenvalue weighted by molar-refractivity contribution is -0.146. The van der Waals surface area contributed by atoms with Crippen LogP contribution in [0.15, 0.2) is 48.8 Å². The molecule has 6 heteroatoms. The quantitative estimate of drug-likeness (QED) is 0.537. The summed E-state index contributed by atoms with van der Waals surface area (Å²) in [5.74, 6) is 1.05. The SMILES string of the molecule is C=C(C)C(=O)OC(COc1ccc(OC)cc1)CN1C=CN(C)C1. The molecule has 0 aliphatic carbocycles. The summed E-state index contributed by atoms with van der Waals surface area (Å²) in [4.78, 5) is 16.0. The standard InChI is InChI=1S/C18H24N2O4/c1-14(2)18(21)24-17(11-20-10-9-19(3)13-20)12-23-16-7-5-15(22-4)6-8-16/h5-10,17H,1,11-13H2,2-4H3. The van der Waals surface area contributed by atoms with Gasteiger partial charge in [0.15, 0.2) is 6.10 Å². The number of benzene rings is 1. The molecule has 0 aromatic heterocycles. The Morgan fingerprint density at radius 2 is 1.92 bits per heavy atom. The number of carbonyl (C=O) groups excluding carboxylic acids is 1. The Kier molecular flexibility index (Phi) is 6.12. The average molecular weight is 332 g/mol. The van der Waals surface area contributed by atoms with Crippen LogP contribution in [0.1, 0.15) is 6.92 Å². The van der Waals surface area contributed by atoms with Crippen molar-refractivity contribution in [3.63, 3.8) is 0 Å². The van der Waals surface area contributed by atoms with Crippen LogP contribution in [0.3, 0.4) is 0 Å². The molecule has 0 amide bonds. The zero-order valence-electron chi connectivity index (χ0n) is 14.4. The summed E-state index contributed by atoms with van der Waals surface area (Å²) < 4.78 is 16.4. The third-order valence-electron chi connectivity index (χ3n) is 3.49. The Hall–Kier alpha value is -2.63. The molecule has 24 heavy (non-hydrogen) atoms. The van der Waals surface area contributed by atoms with Crippen molar-refractivity contribution in [1.29, 1.82) is 0 Å². The van der Waals surface area contributed by atoms with Crippen molar-refractivity contribution >= 4 is 5.97 Å². The van der Waals surface area contributed by atoms with E-state index in [1.165, 1.54) is 0 Å². The number of nitrogens with zero attached hydrogens (tertiary/aromatic N) is 2. The number of methoxy groups -OCH3 is 1. The normalized spacial score (nSPS) is 14.5. The molecule has 0 saturated heterocycles. The average Bonchev–Trinajstić information content (AvgIpc) is 2.97. The minimum atomic E-state index is -0.408. The summed E-state index contributed by atoms with van der Waals surface area (Å²) in [7, 11) is 3.60. The molecular formula is C18H24N2O4. The van der Waals surface area contributed by atoms with Crippen molar-refractivity contribution in [1.82, 2.24) is 9.80 Å². The van der Waals surface area contributed by atoms with E-state index in [4.69, 9.17) is 14.2 Å². The molecule has 1 aliphatic heterocycles. The first-order valence-corrected chi connectivity index (χ1v) is 7.74. The highest BCUT2D eigenvalue weighted by molar-refractivity contribution is 5.87. The van der Waals surface area contributed by atoms with Gasteiger partial charge in [0.05, 0.1) is 20.3 Å². The van der Waals surface area contributed by atoms with Crippen molar-refractivity contribution in [2.24, 2.45) is 0 Å². The summed E-state index contributed by atoms with van der Waals surface area (Å²) in [5, 5.41) is 0. The second-order valence-electron chi connectivity index (χ2n) is 5.76. The molecule has 0 radical (unpaired) electrons. The molecule has 1 aliphatic rings. The third-order valence-corrected chi connectivity index (χ3v) is 3.49. The monoisotopic (exact) mass is 332 g/mol. The molecular weight excluding hydrogens is 308 g/mol.